The standard InChI is InChI=1S/C23H27N5O2/c1-28-13-12-20(27-28)26-23(29)18-14-21(24-16-17-8-4-2-5-9-17)25-22(15-18)30-19-10-6-3-7-11-19/h3,6-7,10-15,17H,2,4-5,8-9,16H2,1H3,(H,24,25)(H,26,27,29). The molecule has 2 aromatic heterocycles. The molecule has 0 spiro atoms. The summed E-state index contributed by atoms with van der Waals surface area (Å²) in [6.45, 7) is 0.850. The van der Waals surface area contributed by atoms with Gasteiger partial charge in [-0.25, -0.2) is 0 Å². The Bertz CT molecular complexity index is 980. The highest BCUT2D eigenvalue weighted by Gasteiger charge is 2.16. The Morgan fingerprint density at radius 3 is 2.63 bits per heavy atom. The van der Waals surface area contributed by atoms with Crippen molar-refractivity contribution in [2.24, 2.45) is 13.0 Å². The monoisotopic (exact) mass is 405 g/mol. The lowest BCUT2D eigenvalue weighted by molar-refractivity contribution is 0.102. The fourth-order valence-electron chi connectivity index (χ4n) is 3.70. The maximum atomic E-state index is 12.8. The van der Waals surface area contributed by atoms with Gasteiger partial charge in [0.05, 0.1) is 0 Å². The van der Waals surface area contributed by atoms with E-state index in [1.165, 1.54) is 32.1 Å². The SMILES string of the molecule is Cn1ccc(NC(=O)c2cc(NCC3CCCCC3)nc(Oc3ccccc3)c2)n1. The number of aryl methyl sites for hydroxylation is 1. The predicted octanol–water partition coefficient (Wildman–Crippen LogP) is 4.85. The van der Waals surface area contributed by atoms with Gasteiger partial charge >= 0.3 is 0 Å². The third-order valence-corrected chi connectivity index (χ3v) is 5.28. The molecule has 0 bridgehead atoms. The minimum absolute atomic E-state index is 0.255. The molecule has 1 fully saturated rings. The minimum Gasteiger partial charge on any atom is -0.439 e. The van der Waals surface area contributed by atoms with Crippen LogP contribution in [0.1, 0.15) is 42.5 Å². The number of amides is 1. The van der Waals surface area contributed by atoms with E-state index in [2.05, 4.69) is 20.7 Å². The molecule has 1 saturated carbocycles. The number of carbonyl (C=O) groups is 1. The van der Waals surface area contributed by atoms with Crippen LogP contribution in [0.2, 0.25) is 0 Å². The molecule has 4 rings (SSSR count). The molecular formula is C23H27N5O2. The average molecular weight is 406 g/mol. The van der Waals surface area contributed by atoms with Gasteiger partial charge in [-0.3, -0.25) is 9.48 Å². The first-order valence-electron chi connectivity index (χ1n) is 10.5. The second-order valence-electron chi connectivity index (χ2n) is 7.71. The summed E-state index contributed by atoms with van der Waals surface area (Å²) in [5.74, 6) is 2.58. The number of rotatable bonds is 7. The predicted molar refractivity (Wildman–Crippen MR) is 117 cm³/mol. The summed E-state index contributed by atoms with van der Waals surface area (Å²) in [6.07, 6.45) is 8.15. The summed E-state index contributed by atoms with van der Waals surface area (Å²) in [5.41, 5.74) is 0.465. The van der Waals surface area contributed by atoms with Crippen LogP contribution < -0.4 is 15.4 Å². The highest BCUT2D eigenvalue weighted by Crippen LogP contribution is 2.26. The molecule has 0 aliphatic heterocycles. The lowest BCUT2D eigenvalue weighted by Crippen LogP contribution is -2.18. The molecule has 7 nitrogen and oxygen atoms in total. The topological polar surface area (TPSA) is 81.1 Å². The van der Waals surface area contributed by atoms with E-state index in [4.69, 9.17) is 4.74 Å². The van der Waals surface area contributed by atoms with E-state index in [0.29, 0.717) is 34.7 Å². The third-order valence-electron chi connectivity index (χ3n) is 5.28. The Balaban J connectivity index is 1.53. The van der Waals surface area contributed by atoms with Crippen molar-refractivity contribution in [3.05, 3.63) is 60.3 Å². The molecule has 1 amide bonds. The van der Waals surface area contributed by atoms with E-state index in [9.17, 15) is 4.79 Å². The second-order valence-corrected chi connectivity index (χ2v) is 7.71. The molecule has 0 radical (unpaired) electrons. The number of anilines is 2. The fraction of sp³-hybridized carbons (Fsp3) is 0.348. The Hall–Kier alpha value is -3.35. The molecule has 7 heteroatoms. The summed E-state index contributed by atoms with van der Waals surface area (Å²) in [7, 11) is 1.81. The van der Waals surface area contributed by atoms with E-state index in [1.807, 2.05) is 30.3 Å². The van der Waals surface area contributed by atoms with Crippen LogP contribution in [0.5, 0.6) is 11.6 Å². The highest BCUT2D eigenvalue weighted by atomic mass is 16.5. The van der Waals surface area contributed by atoms with Gasteiger partial charge in [0.25, 0.3) is 5.91 Å². The van der Waals surface area contributed by atoms with Crippen molar-refractivity contribution >= 4 is 17.5 Å². The highest BCUT2D eigenvalue weighted by molar-refractivity contribution is 6.04. The number of para-hydroxylation sites is 1. The molecule has 30 heavy (non-hydrogen) atoms. The molecule has 1 aliphatic rings. The first-order valence-corrected chi connectivity index (χ1v) is 10.5. The lowest BCUT2D eigenvalue weighted by atomic mass is 9.89. The summed E-state index contributed by atoms with van der Waals surface area (Å²) < 4.78 is 7.55. The van der Waals surface area contributed by atoms with Crippen LogP contribution in [0.3, 0.4) is 0 Å². The molecular weight excluding hydrogens is 378 g/mol. The van der Waals surface area contributed by atoms with Crippen LogP contribution in [0.25, 0.3) is 0 Å². The van der Waals surface area contributed by atoms with Crippen molar-refractivity contribution in [2.45, 2.75) is 32.1 Å². The molecule has 3 aromatic rings. The van der Waals surface area contributed by atoms with Gasteiger partial charge in [0.1, 0.15) is 11.6 Å². The van der Waals surface area contributed by atoms with E-state index >= 15 is 0 Å². The van der Waals surface area contributed by atoms with Crippen LogP contribution in [-0.2, 0) is 7.05 Å². The number of aromatic nitrogens is 3. The molecule has 156 valence electrons. The summed E-state index contributed by atoms with van der Waals surface area (Å²) in [4.78, 5) is 17.4. The molecule has 0 atom stereocenters. The number of nitrogens with one attached hydrogen (secondary N) is 2. The molecule has 0 unspecified atom stereocenters. The number of pyridine rings is 1. The van der Waals surface area contributed by atoms with Gasteiger partial charge in [0, 0.05) is 37.5 Å². The van der Waals surface area contributed by atoms with Crippen molar-refractivity contribution in [1.82, 2.24) is 14.8 Å². The second kappa shape index (κ2) is 9.43. The first kappa shape index (κ1) is 19.9. The van der Waals surface area contributed by atoms with E-state index in [1.54, 1.807) is 36.1 Å². The van der Waals surface area contributed by atoms with E-state index in [-0.39, 0.29) is 5.91 Å². The minimum atomic E-state index is -0.255. The van der Waals surface area contributed by atoms with Gasteiger partial charge in [-0.05, 0) is 37.0 Å². The van der Waals surface area contributed by atoms with Crippen molar-refractivity contribution < 1.29 is 9.53 Å². The summed E-state index contributed by atoms with van der Waals surface area (Å²) in [6, 6.07) is 14.6. The van der Waals surface area contributed by atoms with Crippen LogP contribution in [0, 0.1) is 5.92 Å². The Kier molecular flexibility index (Phi) is 6.27. The van der Waals surface area contributed by atoms with Crippen molar-refractivity contribution in [2.75, 3.05) is 17.2 Å². The van der Waals surface area contributed by atoms with Gasteiger partial charge in [-0.1, -0.05) is 37.5 Å². The van der Waals surface area contributed by atoms with E-state index < -0.39 is 0 Å². The Morgan fingerprint density at radius 2 is 1.90 bits per heavy atom. The van der Waals surface area contributed by atoms with Crippen LogP contribution in [-0.4, -0.2) is 27.2 Å². The van der Waals surface area contributed by atoms with Crippen LogP contribution in [0.15, 0.2) is 54.7 Å². The number of hydrogen-bond acceptors (Lipinski definition) is 5. The quantitative estimate of drug-likeness (QED) is 0.587. The van der Waals surface area contributed by atoms with Crippen LogP contribution in [0.4, 0.5) is 11.6 Å². The lowest BCUT2D eigenvalue weighted by Gasteiger charge is -2.22. The zero-order valence-corrected chi connectivity index (χ0v) is 17.2. The molecule has 1 aromatic carbocycles. The van der Waals surface area contributed by atoms with Crippen molar-refractivity contribution in [3.8, 4) is 11.6 Å². The number of ether oxygens (including phenoxy) is 1. The van der Waals surface area contributed by atoms with Gasteiger partial charge < -0.3 is 15.4 Å². The number of benzene rings is 1. The largest absolute Gasteiger partial charge is 0.439 e. The Labute approximate surface area is 176 Å². The number of nitrogens with zero attached hydrogens (tertiary/aromatic N) is 3. The number of carbonyl (C=O) groups excluding carboxylic acids is 1. The van der Waals surface area contributed by atoms with Gasteiger partial charge in [-0.2, -0.15) is 10.1 Å². The van der Waals surface area contributed by atoms with Gasteiger partial charge in [-0.15, -0.1) is 0 Å². The fourth-order valence-corrected chi connectivity index (χ4v) is 3.70. The third kappa shape index (κ3) is 5.37. The summed E-state index contributed by atoms with van der Waals surface area (Å²) >= 11 is 0. The summed E-state index contributed by atoms with van der Waals surface area (Å²) in [5, 5.41) is 10.4. The van der Waals surface area contributed by atoms with Gasteiger partial charge in [0.15, 0.2) is 5.82 Å². The average Bonchev–Trinajstić information content (AvgIpc) is 3.18. The smallest absolute Gasteiger partial charge is 0.257 e. The van der Waals surface area contributed by atoms with Crippen LogP contribution >= 0.6 is 0 Å². The zero-order chi connectivity index (χ0) is 20.8. The maximum Gasteiger partial charge on any atom is 0.257 e. The zero-order valence-electron chi connectivity index (χ0n) is 17.2. The Morgan fingerprint density at radius 1 is 1.10 bits per heavy atom. The van der Waals surface area contributed by atoms with Gasteiger partial charge in [0.2, 0.25) is 5.88 Å². The van der Waals surface area contributed by atoms with E-state index in [0.717, 1.165) is 6.54 Å². The van der Waals surface area contributed by atoms with Crippen molar-refractivity contribution in [1.29, 1.82) is 0 Å². The molecule has 0 saturated heterocycles. The van der Waals surface area contributed by atoms with Crippen molar-refractivity contribution in [3.63, 3.8) is 0 Å². The molecule has 2 heterocycles. The maximum absolute atomic E-state index is 12.8. The first-order chi connectivity index (χ1) is 14.7. The molecule has 1 aliphatic carbocycles. The molecule has 2 N–H and O–H groups in total. The normalized spacial score (nSPS) is 14.3. The number of hydrogen-bond donors (Lipinski definition) is 2.